The Morgan fingerprint density at radius 1 is 0.788 bits per heavy atom. The summed E-state index contributed by atoms with van der Waals surface area (Å²) in [4.78, 5) is 16.8. The van der Waals surface area contributed by atoms with Crippen LogP contribution in [0.3, 0.4) is 0 Å². The summed E-state index contributed by atoms with van der Waals surface area (Å²) in [5.74, 6) is 2.47. The number of fused-ring (bicyclic) bond motifs is 1. The SMILES string of the molecule is O=C(CSCc1ccccc1)N1CCN(c2ccc(-c3cccc4ccccc34)nn2)CC1. The third-order valence-corrected chi connectivity index (χ3v) is 7.00. The molecule has 1 fully saturated rings. The highest BCUT2D eigenvalue weighted by Gasteiger charge is 2.22. The molecule has 0 radical (unpaired) electrons. The maximum Gasteiger partial charge on any atom is 0.232 e. The van der Waals surface area contributed by atoms with Gasteiger partial charge in [0.15, 0.2) is 5.82 Å². The highest BCUT2D eigenvalue weighted by atomic mass is 32.2. The first kappa shape index (κ1) is 21.5. The molecule has 4 aromatic rings. The summed E-state index contributed by atoms with van der Waals surface area (Å²) < 4.78 is 0. The Kier molecular flexibility index (Phi) is 6.53. The lowest BCUT2D eigenvalue weighted by Crippen LogP contribution is -2.49. The Morgan fingerprint density at radius 3 is 2.33 bits per heavy atom. The number of anilines is 1. The zero-order chi connectivity index (χ0) is 22.5. The predicted molar refractivity (Wildman–Crippen MR) is 136 cm³/mol. The number of carbonyl (C=O) groups excluding carboxylic acids is 1. The summed E-state index contributed by atoms with van der Waals surface area (Å²) in [6.07, 6.45) is 0. The molecule has 5 rings (SSSR count). The van der Waals surface area contributed by atoms with Gasteiger partial charge in [-0.2, -0.15) is 0 Å². The minimum absolute atomic E-state index is 0.216. The van der Waals surface area contributed by atoms with Crippen molar-refractivity contribution < 1.29 is 4.79 Å². The molecule has 0 atom stereocenters. The van der Waals surface area contributed by atoms with Crippen LogP contribution in [-0.2, 0) is 10.5 Å². The highest BCUT2D eigenvalue weighted by Crippen LogP contribution is 2.27. The predicted octanol–water partition coefficient (Wildman–Crippen LogP) is 4.88. The molecule has 1 aromatic heterocycles. The minimum atomic E-state index is 0.216. The van der Waals surface area contributed by atoms with Gasteiger partial charge in [0.1, 0.15) is 0 Å². The summed E-state index contributed by atoms with van der Waals surface area (Å²) in [5.41, 5.74) is 3.22. The van der Waals surface area contributed by atoms with Crippen molar-refractivity contribution >= 4 is 34.3 Å². The fourth-order valence-corrected chi connectivity index (χ4v) is 5.08. The third kappa shape index (κ3) is 5.01. The van der Waals surface area contributed by atoms with Gasteiger partial charge in [-0.15, -0.1) is 22.0 Å². The maximum atomic E-state index is 12.6. The van der Waals surface area contributed by atoms with E-state index in [0.717, 1.165) is 49.0 Å². The first-order chi connectivity index (χ1) is 16.3. The van der Waals surface area contributed by atoms with E-state index in [-0.39, 0.29) is 5.91 Å². The third-order valence-electron chi connectivity index (χ3n) is 6.01. The van der Waals surface area contributed by atoms with Gasteiger partial charge < -0.3 is 9.80 Å². The topological polar surface area (TPSA) is 49.3 Å². The summed E-state index contributed by atoms with van der Waals surface area (Å²) >= 11 is 1.68. The van der Waals surface area contributed by atoms with Gasteiger partial charge in [-0.05, 0) is 28.5 Å². The fraction of sp³-hybridized carbons (Fsp3) is 0.222. The van der Waals surface area contributed by atoms with Gasteiger partial charge in [-0.1, -0.05) is 72.8 Å². The van der Waals surface area contributed by atoms with Crippen molar-refractivity contribution in [3.05, 3.63) is 90.5 Å². The Bertz CT molecular complexity index is 1220. The average Bonchev–Trinajstić information content (AvgIpc) is 2.89. The van der Waals surface area contributed by atoms with Crippen molar-refractivity contribution in [1.29, 1.82) is 0 Å². The van der Waals surface area contributed by atoms with Crippen molar-refractivity contribution in [2.75, 3.05) is 36.8 Å². The standard InChI is InChI=1S/C27H26N4OS/c32-27(20-33-19-21-7-2-1-3-8-21)31-17-15-30(16-18-31)26-14-13-25(28-29-26)24-12-6-10-22-9-4-5-11-23(22)24/h1-14H,15-20H2. The van der Waals surface area contributed by atoms with E-state index >= 15 is 0 Å². The van der Waals surface area contributed by atoms with E-state index in [1.54, 1.807) is 11.8 Å². The number of piperazine rings is 1. The number of nitrogens with zero attached hydrogens (tertiary/aromatic N) is 4. The molecule has 33 heavy (non-hydrogen) atoms. The van der Waals surface area contributed by atoms with Crippen molar-refractivity contribution in [3.63, 3.8) is 0 Å². The van der Waals surface area contributed by atoms with Crippen LogP contribution in [0, 0.1) is 0 Å². The molecule has 1 amide bonds. The van der Waals surface area contributed by atoms with Crippen molar-refractivity contribution in [1.82, 2.24) is 15.1 Å². The van der Waals surface area contributed by atoms with Crippen LogP contribution in [0.2, 0.25) is 0 Å². The van der Waals surface area contributed by atoms with Crippen LogP contribution < -0.4 is 4.90 Å². The molecule has 0 unspecified atom stereocenters. The Labute approximate surface area is 198 Å². The Hall–Kier alpha value is -3.38. The molecule has 1 aliphatic rings. The maximum absolute atomic E-state index is 12.6. The number of thioether (sulfide) groups is 1. The quantitative estimate of drug-likeness (QED) is 0.416. The van der Waals surface area contributed by atoms with Crippen LogP contribution in [0.15, 0.2) is 84.9 Å². The summed E-state index contributed by atoms with van der Waals surface area (Å²) in [5, 5.41) is 11.4. The molecule has 5 nitrogen and oxygen atoms in total. The highest BCUT2D eigenvalue weighted by molar-refractivity contribution is 7.99. The summed E-state index contributed by atoms with van der Waals surface area (Å²) in [7, 11) is 0. The molecular weight excluding hydrogens is 428 g/mol. The number of aromatic nitrogens is 2. The first-order valence-electron chi connectivity index (χ1n) is 11.2. The van der Waals surface area contributed by atoms with E-state index in [4.69, 9.17) is 0 Å². The Balaban J connectivity index is 1.16. The van der Waals surface area contributed by atoms with Crippen LogP contribution >= 0.6 is 11.8 Å². The zero-order valence-corrected chi connectivity index (χ0v) is 19.2. The molecule has 0 saturated carbocycles. The molecule has 1 aliphatic heterocycles. The molecule has 0 bridgehead atoms. The molecule has 6 heteroatoms. The van der Waals surface area contributed by atoms with Gasteiger partial charge in [0.25, 0.3) is 0 Å². The molecule has 2 heterocycles. The molecular formula is C27H26N4OS. The first-order valence-corrected chi connectivity index (χ1v) is 12.4. The lowest BCUT2D eigenvalue weighted by atomic mass is 10.0. The van der Waals surface area contributed by atoms with E-state index in [0.29, 0.717) is 5.75 Å². The number of amides is 1. The van der Waals surface area contributed by atoms with Crippen molar-refractivity contribution in [2.45, 2.75) is 5.75 Å². The van der Waals surface area contributed by atoms with E-state index in [1.807, 2.05) is 41.3 Å². The summed E-state index contributed by atoms with van der Waals surface area (Å²) in [6.45, 7) is 2.99. The van der Waals surface area contributed by atoms with Gasteiger partial charge in [-0.25, -0.2) is 0 Å². The van der Waals surface area contributed by atoms with E-state index in [2.05, 4.69) is 63.6 Å². The second-order valence-electron chi connectivity index (χ2n) is 8.15. The van der Waals surface area contributed by atoms with Crippen LogP contribution in [0.4, 0.5) is 5.82 Å². The van der Waals surface area contributed by atoms with Gasteiger partial charge in [-0.3, -0.25) is 4.79 Å². The van der Waals surface area contributed by atoms with Crippen molar-refractivity contribution in [2.24, 2.45) is 0 Å². The van der Waals surface area contributed by atoms with E-state index < -0.39 is 0 Å². The van der Waals surface area contributed by atoms with Crippen LogP contribution in [0.1, 0.15) is 5.56 Å². The van der Waals surface area contributed by atoms with Crippen molar-refractivity contribution in [3.8, 4) is 11.3 Å². The molecule has 0 aliphatic carbocycles. The van der Waals surface area contributed by atoms with Gasteiger partial charge in [0.05, 0.1) is 11.4 Å². The minimum Gasteiger partial charge on any atom is -0.352 e. The summed E-state index contributed by atoms with van der Waals surface area (Å²) in [6, 6.07) is 29.0. The largest absolute Gasteiger partial charge is 0.352 e. The second kappa shape index (κ2) is 10.0. The van der Waals surface area contributed by atoms with Gasteiger partial charge in [0, 0.05) is 37.5 Å². The fourth-order valence-electron chi connectivity index (χ4n) is 4.19. The Morgan fingerprint density at radius 2 is 1.55 bits per heavy atom. The second-order valence-corrected chi connectivity index (χ2v) is 9.14. The van der Waals surface area contributed by atoms with Crippen LogP contribution in [-0.4, -0.2) is 52.9 Å². The number of benzene rings is 3. The monoisotopic (exact) mass is 454 g/mol. The number of rotatable bonds is 6. The van der Waals surface area contributed by atoms with Crippen LogP contribution in [0.5, 0.6) is 0 Å². The smallest absolute Gasteiger partial charge is 0.232 e. The molecule has 3 aromatic carbocycles. The molecule has 0 spiro atoms. The molecule has 1 saturated heterocycles. The zero-order valence-electron chi connectivity index (χ0n) is 18.4. The lowest BCUT2D eigenvalue weighted by Gasteiger charge is -2.35. The number of hydrogen-bond acceptors (Lipinski definition) is 5. The van der Waals surface area contributed by atoms with Crippen LogP contribution in [0.25, 0.3) is 22.0 Å². The van der Waals surface area contributed by atoms with Gasteiger partial charge in [0.2, 0.25) is 5.91 Å². The average molecular weight is 455 g/mol. The number of carbonyl (C=O) groups is 1. The number of hydrogen-bond donors (Lipinski definition) is 0. The lowest BCUT2D eigenvalue weighted by molar-refractivity contribution is -0.128. The molecule has 166 valence electrons. The molecule has 0 N–H and O–H groups in total. The van der Waals surface area contributed by atoms with E-state index in [1.165, 1.54) is 16.3 Å². The van der Waals surface area contributed by atoms with E-state index in [9.17, 15) is 4.79 Å². The van der Waals surface area contributed by atoms with Gasteiger partial charge >= 0.3 is 0 Å². The normalized spacial score (nSPS) is 13.9.